The van der Waals surface area contributed by atoms with E-state index in [-0.39, 0.29) is 24.2 Å². The number of esters is 1. The first-order valence-corrected chi connectivity index (χ1v) is 7.28. The van der Waals surface area contributed by atoms with Gasteiger partial charge in [0.1, 0.15) is 6.04 Å². The van der Waals surface area contributed by atoms with Gasteiger partial charge in [-0.15, -0.1) is 0 Å². The molecule has 3 N–H and O–H groups in total. The van der Waals surface area contributed by atoms with Gasteiger partial charge in [-0.3, -0.25) is 4.79 Å². The molecule has 0 heterocycles. The van der Waals surface area contributed by atoms with Crippen molar-refractivity contribution in [2.75, 3.05) is 12.3 Å². The Bertz CT molecular complexity index is 471. The van der Waals surface area contributed by atoms with E-state index in [1.165, 1.54) is 0 Å². The van der Waals surface area contributed by atoms with Crippen molar-refractivity contribution in [2.45, 2.75) is 39.7 Å². The molecule has 0 fully saturated rings. The van der Waals surface area contributed by atoms with Gasteiger partial charge in [-0.05, 0) is 30.5 Å². The van der Waals surface area contributed by atoms with Crippen LogP contribution in [0.3, 0.4) is 0 Å². The van der Waals surface area contributed by atoms with Crippen molar-refractivity contribution in [3.63, 3.8) is 0 Å². The predicted octanol–water partition coefficient (Wildman–Crippen LogP) is 1.91. The summed E-state index contributed by atoms with van der Waals surface area (Å²) in [6.45, 7) is 5.95. The van der Waals surface area contributed by atoms with Crippen molar-refractivity contribution in [3.05, 3.63) is 29.8 Å². The number of nitrogens with two attached hydrogens (primary N) is 1. The highest BCUT2D eigenvalue weighted by Gasteiger charge is 2.26. The molecule has 2 unspecified atom stereocenters. The van der Waals surface area contributed by atoms with Crippen molar-refractivity contribution < 1.29 is 14.3 Å². The van der Waals surface area contributed by atoms with Gasteiger partial charge in [0.15, 0.2) is 0 Å². The summed E-state index contributed by atoms with van der Waals surface area (Å²) in [6, 6.07) is 6.51. The molecule has 0 aliphatic rings. The summed E-state index contributed by atoms with van der Waals surface area (Å²) in [5, 5.41) is 2.77. The molecule has 1 amide bonds. The van der Waals surface area contributed by atoms with E-state index in [1.54, 1.807) is 31.2 Å². The lowest BCUT2D eigenvalue weighted by Crippen LogP contribution is -2.46. The number of hydrogen-bond acceptors (Lipinski definition) is 4. The van der Waals surface area contributed by atoms with Crippen molar-refractivity contribution >= 4 is 17.6 Å². The Labute approximate surface area is 125 Å². The molecule has 116 valence electrons. The summed E-state index contributed by atoms with van der Waals surface area (Å²) >= 11 is 0. The molecule has 5 heteroatoms. The Morgan fingerprint density at radius 1 is 1.24 bits per heavy atom. The summed E-state index contributed by atoms with van der Waals surface area (Å²) in [5.74, 6) is -0.546. The van der Waals surface area contributed by atoms with E-state index in [0.29, 0.717) is 12.3 Å². The molecular weight excluding hydrogens is 268 g/mol. The summed E-state index contributed by atoms with van der Waals surface area (Å²) in [4.78, 5) is 24.0. The van der Waals surface area contributed by atoms with Crippen LogP contribution in [0.4, 0.5) is 5.69 Å². The third-order valence-electron chi connectivity index (χ3n) is 3.41. The minimum atomic E-state index is -0.601. The van der Waals surface area contributed by atoms with E-state index in [9.17, 15) is 9.59 Å². The molecule has 0 aromatic heterocycles. The normalized spacial score (nSPS) is 13.3. The first-order valence-electron chi connectivity index (χ1n) is 7.28. The molecule has 0 aliphatic heterocycles. The van der Waals surface area contributed by atoms with Crippen LogP contribution >= 0.6 is 0 Å². The monoisotopic (exact) mass is 292 g/mol. The minimum absolute atomic E-state index is 0.0272. The Kier molecular flexibility index (Phi) is 6.72. The predicted molar refractivity (Wildman–Crippen MR) is 82.6 cm³/mol. The van der Waals surface area contributed by atoms with Crippen LogP contribution in [0.2, 0.25) is 0 Å². The smallest absolute Gasteiger partial charge is 0.328 e. The molecule has 1 aromatic carbocycles. The molecule has 2 atom stereocenters. The van der Waals surface area contributed by atoms with Gasteiger partial charge in [0, 0.05) is 5.69 Å². The minimum Gasteiger partial charge on any atom is -0.464 e. The number of nitrogens with one attached hydrogen (secondary N) is 1. The average Bonchev–Trinajstić information content (AvgIpc) is 2.46. The van der Waals surface area contributed by atoms with Gasteiger partial charge in [-0.2, -0.15) is 0 Å². The van der Waals surface area contributed by atoms with Crippen LogP contribution in [0.1, 0.15) is 32.8 Å². The van der Waals surface area contributed by atoms with Crippen LogP contribution in [-0.4, -0.2) is 24.5 Å². The Balaban J connectivity index is 2.67. The van der Waals surface area contributed by atoms with E-state index >= 15 is 0 Å². The highest BCUT2D eigenvalue weighted by Crippen LogP contribution is 2.11. The van der Waals surface area contributed by atoms with E-state index in [1.807, 2.05) is 13.8 Å². The van der Waals surface area contributed by atoms with Gasteiger partial charge in [-0.1, -0.05) is 32.4 Å². The fourth-order valence-corrected chi connectivity index (χ4v) is 1.95. The second-order valence-electron chi connectivity index (χ2n) is 5.10. The molecule has 0 saturated heterocycles. The van der Waals surface area contributed by atoms with Crippen LogP contribution in [0.15, 0.2) is 24.3 Å². The van der Waals surface area contributed by atoms with Gasteiger partial charge in [0.25, 0.3) is 0 Å². The van der Waals surface area contributed by atoms with E-state index in [2.05, 4.69) is 5.32 Å². The zero-order valence-corrected chi connectivity index (χ0v) is 12.9. The molecule has 0 bridgehead atoms. The number of carbonyl (C=O) groups is 2. The average molecular weight is 292 g/mol. The van der Waals surface area contributed by atoms with Gasteiger partial charge >= 0.3 is 5.97 Å². The lowest BCUT2D eigenvalue weighted by Gasteiger charge is -2.22. The number of nitrogen functional groups attached to an aromatic ring is 1. The van der Waals surface area contributed by atoms with Gasteiger partial charge in [-0.25, -0.2) is 4.79 Å². The number of carbonyl (C=O) groups excluding carboxylic acids is 2. The largest absolute Gasteiger partial charge is 0.464 e. The summed E-state index contributed by atoms with van der Waals surface area (Å²) in [7, 11) is 0. The number of anilines is 1. The Morgan fingerprint density at radius 2 is 1.86 bits per heavy atom. The molecule has 1 rings (SSSR count). The maximum atomic E-state index is 12.1. The number of hydrogen-bond donors (Lipinski definition) is 2. The molecule has 0 aliphatic carbocycles. The van der Waals surface area contributed by atoms with Crippen molar-refractivity contribution in [1.82, 2.24) is 5.32 Å². The molecular formula is C16H24N2O3. The molecule has 5 nitrogen and oxygen atoms in total. The van der Waals surface area contributed by atoms with E-state index in [4.69, 9.17) is 10.5 Å². The van der Waals surface area contributed by atoms with Crippen molar-refractivity contribution in [1.29, 1.82) is 0 Å². The fraction of sp³-hybridized carbons (Fsp3) is 0.500. The summed E-state index contributed by atoms with van der Waals surface area (Å²) < 4.78 is 5.02. The zero-order valence-electron chi connectivity index (χ0n) is 12.9. The maximum Gasteiger partial charge on any atom is 0.328 e. The van der Waals surface area contributed by atoms with Crippen LogP contribution < -0.4 is 11.1 Å². The topological polar surface area (TPSA) is 81.4 Å². The quantitative estimate of drug-likeness (QED) is 0.594. The third kappa shape index (κ3) is 5.45. The van der Waals surface area contributed by atoms with E-state index in [0.717, 1.165) is 12.0 Å². The van der Waals surface area contributed by atoms with Crippen molar-refractivity contribution in [3.8, 4) is 0 Å². The third-order valence-corrected chi connectivity index (χ3v) is 3.41. The Hall–Kier alpha value is -2.04. The van der Waals surface area contributed by atoms with Crippen LogP contribution in [0, 0.1) is 5.92 Å². The second kappa shape index (κ2) is 8.29. The summed E-state index contributed by atoms with van der Waals surface area (Å²) in [5.41, 5.74) is 7.12. The second-order valence-corrected chi connectivity index (χ2v) is 5.10. The molecule has 0 radical (unpaired) electrons. The van der Waals surface area contributed by atoms with Crippen molar-refractivity contribution in [2.24, 2.45) is 5.92 Å². The first kappa shape index (κ1) is 17.0. The molecule has 1 aromatic rings. The van der Waals surface area contributed by atoms with Crippen LogP contribution in [0.25, 0.3) is 0 Å². The lowest BCUT2D eigenvalue weighted by atomic mass is 9.99. The maximum absolute atomic E-state index is 12.1. The highest BCUT2D eigenvalue weighted by atomic mass is 16.5. The van der Waals surface area contributed by atoms with E-state index < -0.39 is 6.04 Å². The van der Waals surface area contributed by atoms with Gasteiger partial charge in [0.05, 0.1) is 13.0 Å². The lowest BCUT2D eigenvalue weighted by molar-refractivity contribution is -0.148. The van der Waals surface area contributed by atoms with Crippen LogP contribution in [0.5, 0.6) is 0 Å². The number of ether oxygens (including phenoxy) is 1. The SMILES string of the molecule is CCOC(=O)C(NC(=O)Cc1ccc(N)cc1)C(C)CC. The highest BCUT2D eigenvalue weighted by molar-refractivity contribution is 5.85. The molecule has 0 spiro atoms. The number of rotatable bonds is 7. The summed E-state index contributed by atoms with van der Waals surface area (Å²) in [6.07, 6.45) is 0.998. The Morgan fingerprint density at radius 3 is 2.38 bits per heavy atom. The zero-order chi connectivity index (χ0) is 15.8. The first-order chi connectivity index (χ1) is 9.97. The van der Waals surface area contributed by atoms with Gasteiger partial charge in [0.2, 0.25) is 5.91 Å². The number of benzene rings is 1. The van der Waals surface area contributed by atoms with Crippen LogP contribution in [-0.2, 0) is 20.7 Å². The molecule has 0 saturated carbocycles. The number of amides is 1. The fourth-order valence-electron chi connectivity index (χ4n) is 1.95. The molecule has 21 heavy (non-hydrogen) atoms. The van der Waals surface area contributed by atoms with Gasteiger partial charge < -0.3 is 15.8 Å². The standard InChI is InChI=1S/C16H24N2O3/c1-4-11(3)15(16(20)21-5-2)18-14(19)10-12-6-8-13(17)9-7-12/h6-9,11,15H,4-5,10,17H2,1-3H3,(H,18,19).